The van der Waals surface area contributed by atoms with Crippen molar-refractivity contribution < 1.29 is 9.59 Å². The third-order valence-electron chi connectivity index (χ3n) is 4.72. The third kappa shape index (κ3) is 2.74. The van der Waals surface area contributed by atoms with Gasteiger partial charge < -0.3 is 10.6 Å². The Morgan fingerprint density at radius 3 is 2.67 bits per heavy atom. The van der Waals surface area contributed by atoms with Crippen molar-refractivity contribution in [2.24, 2.45) is 11.7 Å². The average molecular weight is 358 g/mol. The van der Waals surface area contributed by atoms with Crippen molar-refractivity contribution >= 4 is 34.9 Å². The van der Waals surface area contributed by atoms with Crippen LogP contribution in [0.1, 0.15) is 28.1 Å². The second-order valence-corrected chi connectivity index (χ2v) is 8.29. The summed E-state index contributed by atoms with van der Waals surface area (Å²) in [7, 11) is 0. The van der Waals surface area contributed by atoms with E-state index in [0.717, 1.165) is 10.6 Å². The van der Waals surface area contributed by atoms with Crippen molar-refractivity contribution in [3.8, 4) is 10.4 Å². The Labute approximate surface area is 149 Å². The highest BCUT2D eigenvalue weighted by molar-refractivity contribution is 7.98. The fraction of sp³-hybridized carbons (Fsp3) is 0.333. The second kappa shape index (κ2) is 6.26. The fourth-order valence-corrected chi connectivity index (χ4v) is 5.71. The molecule has 0 saturated carbocycles. The number of carbonyl (C=O) groups excluding carboxylic acids is 2. The van der Waals surface area contributed by atoms with E-state index < -0.39 is 0 Å². The Morgan fingerprint density at radius 1 is 1.17 bits per heavy atom. The van der Waals surface area contributed by atoms with Gasteiger partial charge in [0.1, 0.15) is 0 Å². The number of carbonyl (C=O) groups is 2. The number of amides is 2. The van der Waals surface area contributed by atoms with E-state index in [2.05, 4.69) is 18.2 Å². The minimum Gasteiger partial charge on any atom is -0.369 e. The number of hydrogen-bond acceptors (Lipinski definition) is 4. The lowest BCUT2D eigenvalue weighted by atomic mass is 9.96. The summed E-state index contributed by atoms with van der Waals surface area (Å²) < 4.78 is 0. The largest absolute Gasteiger partial charge is 0.369 e. The second-order valence-electron chi connectivity index (χ2n) is 6.22. The van der Waals surface area contributed by atoms with Crippen LogP contribution >= 0.6 is 23.1 Å². The van der Waals surface area contributed by atoms with Crippen LogP contribution in [0.4, 0.5) is 0 Å². The predicted molar refractivity (Wildman–Crippen MR) is 97.1 cm³/mol. The molecule has 1 fully saturated rings. The Balaban J connectivity index is 1.56. The lowest BCUT2D eigenvalue weighted by Gasteiger charge is -2.30. The fourth-order valence-electron chi connectivity index (χ4n) is 3.33. The molecule has 2 amide bonds. The summed E-state index contributed by atoms with van der Waals surface area (Å²) in [6, 6.07) is 10.4. The quantitative estimate of drug-likeness (QED) is 0.895. The van der Waals surface area contributed by atoms with Gasteiger partial charge in [-0.05, 0) is 30.5 Å². The Bertz CT molecular complexity index is 807. The Hall–Kier alpha value is -1.79. The number of thiophene rings is 1. The molecule has 4 nitrogen and oxygen atoms in total. The van der Waals surface area contributed by atoms with Crippen LogP contribution < -0.4 is 5.73 Å². The summed E-state index contributed by atoms with van der Waals surface area (Å²) in [5, 5.41) is 0. The summed E-state index contributed by atoms with van der Waals surface area (Å²) in [6.45, 7) is 1.22. The molecule has 24 heavy (non-hydrogen) atoms. The molecule has 1 aromatic carbocycles. The number of thioether (sulfide) groups is 1. The first kappa shape index (κ1) is 15.7. The van der Waals surface area contributed by atoms with Crippen LogP contribution in [0, 0.1) is 5.92 Å². The summed E-state index contributed by atoms with van der Waals surface area (Å²) >= 11 is 3.42. The zero-order chi connectivity index (χ0) is 16.7. The van der Waals surface area contributed by atoms with Crippen LogP contribution in [0.3, 0.4) is 0 Å². The number of likely N-dealkylation sites (tertiary alicyclic amines) is 1. The minimum absolute atomic E-state index is 0.0831. The number of nitrogens with two attached hydrogens (primary N) is 1. The van der Waals surface area contributed by atoms with Crippen molar-refractivity contribution in [3.63, 3.8) is 0 Å². The van der Waals surface area contributed by atoms with Crippen LogP contribution in [-0.4, -0.2) is 29.8 Å². The summed E-state index contributed by atoms with van der Waals surface area (Å²) in [5.74, 6) is 0.663. The number of nitrogens with zero attached hydrogens (tertiary/aromatic N) is 1. The number of primary amides is 1. The molecule has 1 aromatic heterocycles. The van der Waals surface area contributed by atoms with Gasteiger partial charge in [-0.3, -0.25) is 9.59 Å². The highest BCUT2D eigenvalue weighted by Crippen LogP contribution is 2.45. The van der Waals surface area contributed by atoms with E-state index in [-0.39, 0.29) is 17.7 Å². The molecule has 0 bridgehead atoms. The minimum atomic E-state index is -0.248. The summed E-state index contributed by atoms with van der Waals surface area (Å²) in [5.41, 5.74) is 7.85. The van der Waals surface area contributed by atoms with E-state index in [1.54, 1.807) is 11.3 Å². The van der Waals surface area contributed by atoms with Crippen LogP contribution in [-0.2, 0) is 10.5 Å². The van der Waals surface area contributed by atoms with Crippen molar-refractivity contribution in [1.29, 1.82) is 0 Å². The van der Waals surface area contributed by atoms with Gasteiger partial charge in [0.2, 0.25) is 5.91 Å². The van der Waals surface area contributed by atoms with E-state index in [1.807, 2.05) is 28.8 Å². The molecule has 0 unspecified atom stereocenters. The first-order chi connectivity index (χ1) is 11.6. The van der Waals surface area contributed by atoms with Crippen molar-refractivity contribution in [3.05, 3.63) is 40.8 Å². The zero-order valence-corrected chi connectivity index (χ0v) is 14.8. The normalized spacial score (nSPS) is 17.2. The van der Waals surface area contributed by atoms with Gasteiger partial charge in [-0.15, -0.1) is 23.1 Å². The van der Waals surface area contributed by atoms with Gasteiger partial charge in [0, 0.05) is 40.1 Å². The zero-order valence-electron chi connectivity index (χ0n) is 13.2. The number of hydrogen-bond donors (Lipinski definition) is 1. The van der Waals surface area contributed by atoms with Crippen LogP contribution in [0.15, 0.2) is 35.2 Å². The van der Waals surface area contributed by atoms with Crippen molar-refractivity contribution in [2.45, 2.75) is 23.5 Å². The van der Waals surface area contributed by atoms with E-state index in [0.29, 0.717) is 25.9 Å². The van der Waals surface area contributed by atoms with E-state index in [9.17, 15) is 9.59 Å². The van der Waals surface area contributed by atoms with Gasteiger partial charge in [-0.25, -0.2) is 0 Å². The van der Waals surface area contributed by atoms with Gasteiger partial charge in [0.15, 0.2) is 0 Å². The van der Waals surface area contributed by atoms with Crippen molar-refractivity contribution in [1.82, 2.24) is 4.90 Å². The average Bonchev–Trinajstić information content (AvgIpc) is 3.06. The van der Waals surface area contributed by atoms with E-state index >= 15 is 0 Å². The van der Waals surface area contributed by atoms with Gasteiger partial charge in [0.05, 0.1) is 4.88 Å². The maximum Gasteiger partial charge on any atom is 0.263 e. The third-order valence-corrected chi connectivity index (χ3v) is 7.04. The molecule has 2 N–H and O–H groups in total. The lowest BCUT2D eigenvalue weighted by Crippen LogP contribution is -2.41. The summed E-state index contributed by atoms with van der Waals surface area (Å²) in [6.07, 6.45) is 1.34. The molecule has 0 spiro atoms. The van der Waals surface area contributed by atoms with Gasteiger partial charge in [-0.1, -0.05) is 18.2 Å². The highest BCUT2D eigenvalue weighted by atomic mass is 32.2. The number of fused-ring (bicyclic) bond motifs is 3. The summed E-state index contributed by atoms with van der Waals surface area (Å²) in [4.78, 5) is 29.3. The predicted octanol–water partition coefficient (Wildman–Crippen LogP) is 3.36. The van der Waals surface area contributed by atoms with E-state index in [1.165, 1.54) is 20.9 Å². The molecule has 0 aliphatic carbocycles. The van der Waals surface area contributed by atoms with Crippen LogP contribution in [0.25, 0.3) is 10.4 Å². The van der Waals surface area contributed by atoms with Crippen LogP contribution in [0.2, 0.25) is 0 Å². The molecule has 2 aliphatic heterocycles. The molecule has 1 saturated heterocycles. The number of piperidine rings is 1. The SMILES string of the molecule is NC(=O)C1CCN(C(=O)c2cc3c(s2)-c2ccccc2SC3)CC1. The van der Waals surface area contributed by atoms with E-state index in [4.69, 9.17) is 5.73 Å². The first-order valence-electron chi connectivity index (χ1n) is 8.07. The van der Waals surface area contributed by atoms with Gasteiger partial charge in [0.25, 0.3) is 5.91 Å². The molecular formula is C18H18N2O2S2. The lowest BCUT2D eigenvalue weighted by molar-refractivity contribution is -0.123. The molecule has 2 aliphatic rings. The Kier molecular flexibility index (Phi) is 4.10. The van der Waals surface area contributed by atoms with Crippen LogP contribution in [0.5, 0.6) is 0 Å². The molecule has 2 aromatic rings. The smallest absolute Gasteiger partial charge is 0.263 e. The molecule has 0 atom stereocenters. The topological polar surface area (TPSA) is 63.4 Å². The monoisotopic (exact) mass is 358 g/mol. The maximum atomic E-state index is 12.8. The number of rotatable bonds is 2. The molecule has 4 rings (SSSR count). The van der Waals surface area contributed by atoms with Gasteiger partial charge in [-0.2, -0.15) is 0 Å². The number of benzene rings is 1. The molecule has 3 heterocycles. The van der Waals surface area contributed by atoms with Gasteiger partial charge >= 0.3 is 0 Å². The molecule has 124 valence electrons. The maximum absolute atomic E-state index is 12.8. The molecule has 0 radical (unpaired) electrons. The van der Waals surface area contributed by atoms with Crippen molar-refractivity contribution in [2.75, 3.05) is 13.1 Å². The molecular weight excluding hydrogens is 340 g/mol. The standard InChI is InChI=1S/C18H18N2O2S2/c19-17(21)11-5-7-20(8-6-11)18(22)15-9-12-10-23-14-4-2-1-3-13(14)16(12)24-15/h1-4,9,11H,5-8,10H2,(H2,19,21). The Morgan fingerprint density at radius 2 is 1.92 bits per heavy atom. The highest BCUT2D eigenvalue weighted by Gasteiger charge is 2.29. The molecule has 6 heteroatoms. The first-order valence-corrected chi connectivity index (χ1v) is 9.87.